The van der Waals surface area contributed by atoms with Crippen LogP contribution in [0.5, 0.6) is 5.75 Å². The number of hydrogen-bond donors (Lipinski definition) is 1. The Bertz CT molecular complexity index is 1760. The summed E-state index contributed by atoms with van der Waals surface area (Å²) in [5.74, 6) is 0.556. The van der Waals surface area contributed by atoms with Crippen LogP contribution in [0, 0.1) is 13.8 Å². The molecule has 0 aliphatic heterocycles. The van der Waals surface area contributed by atoms with Crippen LogP contribution in [0.15, 0.2) is 144 Å². The largest absolute Gasteiger partial charge is 0.495 e. The van der Waals surface area contributed by atoms with E-state index in [2.05, 4.69) is 106 Å². The predicted octanol–water partition coefficient (Wildman–Crippen LogP) is 8.40. The highest BCUT2D eigenvalue weighted by Crippen LogP contribution is 2.46. The molecule has 0 spiro atoms. The van der Waals surface area contributed by atoms with E-state index in [0.717, 1.165) is 37.9 Å². The molecule has 214 valence electrons. The number of benzene rings is 5. The number of para-hydroxylation sites is 1. The van der Waals surface area contributed by atoms with Gasteiger partial charge in [-0.05, 0) is 69.2 Å². The molecule has 43 heavy (non-hydrogen) atoms. The van der Waals surface area contributed by atoms with Crippen LogP contribution in [0.2, 0.25) is 0 Å². The van der Waals surface area contributed by atoms with E-state index in [1.54, 1.807) is 7.11 Å². The van der Waals surface area contributed by atoms with Gasteiger partial charge >= 0.3 is 0 Å². The number of halogens is 1. The van der Waals surface area contributed by atoms with Crippen molar-refractivity contribution in [3.63, 3.8) is 0 Å². The molecule has 4 nitrogen and oxygen atoms in total. The maximum absolute atomic E-state index is 13.1. The molecule has 1 N–H and O–H groups in total. The SMILES string of the molecule is COc1c(Br)cccc1C(O)(c1cn(C(c2ccccc2)(c2ccccc2)c2ccccc2)cn1)c1cccc(C)c1C. The first kappa shape index (κ1) is 28.7. The first-order valence-electron chi connectivity index (χ1n) is 14.3. The van der Waals surface area contributed by atoms with Gasteiger partial charge in [-0.25, -0.2) is 4.98 Å². The van der Waals surface area contributed by atoms with Crippen molar-refractivity contribution in [3.05, 3.63) is 189 Å². The van der Waals surface area contributed by atoms with E-state index in [0.29, 0.717) is 17.0 Å². The lowest BCUT2D eigenvalue weighted by Gasteiger charge is -2.37. The average Bonchev–Trinajstić information content (AvgIpc) is 3.55. The number of aliphatic hydroxyl groups is 1. The van der Waals surface area contributed by atoms with Crippen molar-refractivity contribution in [2.75, 3.05) is 7.11 Å². The molecule has 0 saturated carbocycles. The summed E-state index contributed by atoms with van der Waals surface area (Å²) < 4.78 is 8.76. The number of methoxy groups -OCH3 is 1. The van der Waals surface area contributed by atoms with Crippen molar-refractivity contribution in [3.8, 4) is 5.75 Å². The number of ether oxygens (including phenoxy) is 1. The summed E-state index contributed by atoms with van der Waals surface area (Å²) in [6, 6.07) is 43.1. The molecule has 1 heterocycles. The molecule has 1 aromatic heterocycles. The Labute approximate surface area is 261 Å². The number of rotatable bonds is 8. The lowest BCUT2D eigenvalue weighted by Crippen LogP contribution is -2.37. The minimum atomic E-state index is -1.62. The first-order valence-corrected chi connectivity index (χ1v) is 15.0. The number of aromatic nitrogens is 2. The number of nitrogens with zero attached hydrogens (tertiary/aromatic N) is 2. The highest BCUT2D eigenvalue weighted by Gasteiger charge is 2.44. The lowest BCUT2D eigenvalue weighted by atomic mass is 9.76. The van der Waals surface area contributed by atoms with Gasteiger partial charge in [-0.1, -0.05) is 121 Å². The van der Waals surface area contributed by atoms with Gasteiger partial charge in [-0.2, -0.15) is 0 Å². The minimum absolute atomic E-state index is 0.491. The summed E-state index contributed by atoms with van der Waals surface area (Å²) in [5, 5.41) is 13.1. The fourth-order valence-corrected chi connectivity index (χ4v) is 6.77. The highest BCUT2D eigenvalue weighted by atomic mass is 79.9. The van der Waals surface area contributed by atoms with Crippen molar-refractivity contribution in [2.24, 2.45) is 0 Å². The number of imidazole rings is 1. The molecular weight excluding hydrogens is 596 g/mol. The van der Waals surface area contributed by atoms with E-state index in [-0.39, 0.29) is 0 Å². The molecule has 0 amide bonds. The van der Waals surface area contributed by atoms with Crippen molar-refractivity contribution < 1.29 is 9.84 Å². The molecule has 0 bridgehead atoms. The van der Waals surface area contributed by atoms with Crippen molar-refractivity contribution in [1.82, 2.24) is 9.55 Å². The monoisotopic (exact) mass is 628 g/mol. The van der Waals surface area contributed by atoms with Crippen molar-refractivity contribution in [1.29, 1.82) is 0 Å². The summed E-state index contributed by atoms with van der Waals surface area (Å²) in [5.41, 5.74) is 4.76. The second kappa shape index (κ2) is 11.7. The molecule has 1 unspecified atom stereocenters. The summed E-state index contributed by atoms with van der Waals surface area (Å²) in [6.07, 6.45) is 3.82. The summed E-state index contributed by atoms with van der Waals surface area (Å²) in [6.45, 7) is 4.10. The maximum Gasteiger partial charge on any atom is 0.162 e. The van der Waals surface area contributed by atoms with E-state index < -0.39 is 11.1 Å². The van der Waals surface area contributed by atoms with Crippen LogP contribution in [-0.4, -0.2) is 21.8 Å². The zero-order chi connectivity index (χ0) is 30.0. The molecule has 5 aromatic carbocycles. The zero-order valence-corrected chi connectivity index (χ0v) is 26.0. The zero-order valence-electron chi connectivity index (χ0n) is 24.4. The van der Waals surface area contributed by atoms with E-state index in [1.165, 1.54) is 0 Å². The van der Waals surface area contributed by atoms with Gasteiger partial charge in [0, 0.05) is 11.8 Å². The Morgan fingerprint density at radius 2 is 1.19 bits per heavy atom. The highest BCUT2D eigenvalue weighted by molar-refractivity contribution is 9.10. The summed E-state index contributed by atoms with van der Waals surface area (Å²) in [4.78, 5) is 5.00. The van der Waals surface area contributed by atoms with Gasteiger partial charge in [0.25, 0.3) is 0 Å². The third-order valence-electron chi connectivity index (χ3n) is 8.47. The Morgan fingerprint density at radius 3 is 1.72 bits per heavy atom. The van der Waals surface area contributed by atoms with Gasteiger partial charge < -0.3 is 14.4 Å². The molecule has 0 saturated heterocycles. The molecule has 5 heteroatoms. The van der Waals surface area contributed by atoms with Crippen LogP contribution < -0.4 is 4.74 Å². The van der Waals surface area contributed by atoms with E-state index >= 15 is 0 Å². The average molecular weight is 630 g/mol. The topological polar surface area (TPSA) is 47.3 Å². The van der Waals surface area contributed by atoms with Crippen LogP contribution in [0.1, 0.15) is 44.6 Å². The molecule has 0 fully saturated rings. The quantitative estimate of drug-likeness (QED) is 0.172. The predicted molar refractivity (Wildman–Crippen MR) is 176 cm³/mol. The third kappa shape index (κ3) is 4.69. The molecule has 6 aromatic rings. The lowest BCUT2D eigenvalue weighted by molar-refractivity contribution is 0.116. The second-order valence-electron chi connectivity index (χ2n) is 10.8. The van der Waals surface area contributed by atoms with Crippen molar-refractivity contribution >= 4 is 15.9 Å². The summed E-state index contributed by atoms with van der Waals surface area (Å²) >= 11 is 3.64. The van der Waals surface area contributed by atoms with Crippen LogP contribution >= 0.6 is 15.9 Å². The van der Waals surface area contributed by atoms with Crippen LogP contribution in [0.4, 0.5) is 0 Å². The van der Waals surface area contributed by atoms with E-state index in [9.17, 15) is 5.11 Å². The normalized spacial score (nSPS) is 13.0. The van der Waals surface area contributed by atoms with Crippen molar-refractivity contribution in [2.45, 2.75) is 25.0 Å². The van der Waals surface area contributed by atoms with Gasteiger partial charge in [-0.15, -0.1) is 0 Å². The number of hydrogen-bond acceptors (Lipinski definition) is 3. The van der Waals surface area contributed by atoms with Crippen LogP contribution in [0.3, 0.4) is 0 Å². The van der Waals surface area contributed by atoms with Gasteiger partial charge in [-0.3, -0.25) is 0 Å². The van der Waals surface area contributed by atoms with Gasteiger partial charge in [0.2, 0.25) is 0 Å². The molecular formula is C38H33BrN2O2. The maximum atomic E-state index is 13.1. The molecule has 6 rings (SSSR count). The van der Waals surface area contributed by atoms with Gasteiger partial charge in [0.1, 0.15) is 11.3 Å². The smallest absolute Gasteiger partial charge is 0.162 e. The molecule has 0 aliphatic carbocycles. The molecule has 1 atom stereocenters. The van der Waals surface area contributed by atoms with Crippen LogP contribution in [0.25, 0.3) is 0 Å². The second-order valence-corrected chi connectivity index (χ2v) is 11.6. The fraction of sp³-hybridized carbons (Fsp3) is 0.132. The minimum Gasteiger partial charge on any atom is -0.495 e. The number of aryl methyl sites for hydroxylation is 1. The standard InChI is InChI=1S/C38H33BrN2O2/c1-27-15-13-22-32(28(27)2)38(42,33-23-14-24-34(39)36(33)43-3)35-25-41(26-40-35)37(29-16-7-4-8-17-29,30-18-9-5-10-19-30)31-20-11-6-12-21-31/h4-26,42H,1-3H3. The third-order valence-corrected chi connectivity index (χ3v) is 9.10. The van der Waals surface area contributed by atoms with Gasteiger partial charge in [0.05, 0.1) is 23.6 Å². The Kier molecular flexibility index (Phi) is 7.78. The van der Waals surface area contributed by atoms with E-state index in [4.69, 9.17) is 9.72 Å². The van der Waals surface area contributed by atoms with E-state index in [1.807, 2.05) is 68.0 Å². The Balaban J connectivity index is 1.69. The Hall–Kier alpha value is -4.45. The molecule has 0 radical (unpaired) electrons. The fourth-order valence-electron chi connectivity index (χ4n) is 6.24. The summed E-state index contributed by atoms with van der Waals surface area (Å²) in [7, 11) is 1.62. The van der Waals surface area contributed by atoms with Gasteiger partial charge in [0.15, 0.2) is 5.60 Å². The molecule has 0 aliphatic rings. The van der Waals surface area contributed by atoms with Crippen LogP contribution in [-0.2, 0) is 11.1 Å². The Morgan fingerprint density at radius 1 is 0.674 bits per heavy atom. The first-order chi connectivity index (χ1) is 20.9.